The highest BCUT2D eigenvalue weighted by atomic mass is 35.5. The zero-order valence-electron chi connectivity index (χ0n) is 16.0. The van der Waals surface area contributed by atoms with Crippen LogP contribution in [0.2, 0.25) is 5.02 Å². The number of para-hydroxylation sites is 1. The lowest BCUT2D eigenvalue weighted by Crippen LogP contribution is -2.47. The molecule has 0 bridgehead atoms. The van der Waals surface area contributed by atoms with Gasteiger partial charge >= 0.3 is 6.18 Å². The maximum Gasteiger partial charge on any atom is 0.417 e. The molecule has 0 unspecified atom stereocenters. The summed E-state index contributed by atoms with van der Waals surface area (Å²) in [5.74, 6) is -1.09. The predicted molar refractivity (Wildman–Crippen MR) is 111 cm³/mol. The van der Waals surface area contributed by atoms with E-state index in [1.807, 2.05) is 0 Å². The van der Waals surface area contributed by atoms with E-state index >= 15 is 0 Å². The first-order valence-corrected chi connectivity index (χ1v) is 9.69. The van der Waals surface area contributed by atoms with E-state index in [-0.39, 0.29) is 34.1 Å². The van der Waals surface area contributed by atoms with Gasteiger partial charge in [-0.15, -0.1) is 0 Å². The molecule has 2 amide bonds. The predicted octanol–water partition coefficient (Wildman–Crippen LogP) is 4.10. The van der Waals surface area contributed by atoms with Crippen LogP contribution in [0.4, 0.5) is 24.5 Å². The van der Waals surface area contributed by atoms with Crippen molar-refractivity contribution in [2.24, 2.45) is 0 Å². The van der Waals surface area contributed by atoms with Crippen LogP contribution < -0.4 is 15.5 Å². The molecule has 4 rings (SSSR count). The maximum atomic E-state index is 13.8. The monoisotopic (exact) mass is 448 g/mol. The van der Waals surface area contributed by atoms with Gasteiger partial charge < -0.3 is 15.5 Å². The lowest BCUT2D eigenvalue weighted by atomic mass is 10.0. The number of nitrogens with one attached hydrogen (secondary N) is 2. The quantitative estimate of drug-likeness (QED) is 0.633. The van der Waals surface area contributed by atoms with Crippen LogP contribution in [0.1, 0.15) is 15.9 Å². The van der Waals surface area contributed by atoms with Crippen molar-refractivity contribution in [2.75, 3.05) is 29.9 Å². The van der Waals surface area contributed by atoms with Gasteiger partial charge in [0, 0.05) is 30.4 Å². The van der Waals surface area contributed by atoms with Gasteiger partial charge in [0.1, 0.15) is 0 Å². The molecule has 1 aliphatic rings. The van der Waals surface area contributed by atoms with Crippen molar-refractivity contribution in [1.82, 2.24) is 10.3 Å². The fourth-order valence-corrected chi connectivity index (χ4v) is 3.80. The highest BCUT2D eigenvalue weighted by molar-refractivity contribution is 6.33. The molecule has 0 spiro atoms. The minimum absolute atomic E-state index is 0.136. The van der Waals surface area contributed by atoms with Crippen LogP contribution in [0.3, 0.4) is 0 Å². The molecule has 1 fully saturated rings. The molecular weight excluding hydrogens is 433 g/mol. The summed E-state index contributed by atoms with van der Waals surface area (Å²) < 4.78 is 41.3. The number of carbonyl (C=O) groups excluding carboxylic acids is 2. The minimum atomic E-state index is -4.74. The van der Waals surface area contributed by atoms with E-state index in [9.17, 15) is 22.8 Å². The van der Waals surface area contributed by atoms with Crippen molar-refractivity contribution in [2.45, 2.75) is 6.18 Å². The molecule has 2 aromatic carbocycles. The number of alkyl halides is 3. The van der Waals surface area contributed by atoms with Crippen LogP contribution in [0.5, 0.6) is 0 Å². The van der Waals surface area contributed by atoms with E-state index in [0.717, 1.165) is 6.20 Å². The summed E-state index contributed by atoms with van der Waals surface area (Å²) >= 11 is 6.30. The van der Waals surface area contributed by atoms with Crippen LogP contribution in [-0.4, -0.2) is 36.4 Å². The number of halogens is 4. The highest BCUT2D eigenvalue weighted by Gasteiger charge is 2.37. The third-order valence-corrected chi connectivity index (χ3v) is 5.19. The molecular formula is C21H16ClF3N4O2. The normalized spacial score (nSPS) is 14.5. The van der Waals surface area contributed by atoms with Crippen LogP contribution >= 0.6 is 11.6 Å². The Balaban J connectivity index is 1.64. The maximum absolute atomic E-state index is 13.8. The second-order valence-corrected chi connectivity index (χ2v) is 7.36. The van der Waals surface area contributed by atoms with E-state index in [1.165, 1.54) is 30.3 Å². The van der Waals surface area contributed by atoms with Crippen LogP contribution in [0, 0.1) is 0 Å². The van der Waals surface area contributed by atoms with E-state index in [0.29, 0.717) is 18.8 Å². The number of aromatic nitrogens is 1. The minimum Gasteiger partial charge on any atom is -0.359 e. The molecule has 3 aromatic rings. The van der Waals surface area contributed by atoms with Crippen molar-refractivity contribution >= 4 is 45.7 Å². The zero-order valence-corrected chi connectivity index (χ0v) is 16.7. The molecule has 31 heavy (non-hydrogen) atoms. The van der Waals surface area contributed by atoms with Crippen molar-refractivity contribution < 1.29 is 22.8 Å². The number of piperazine rings is 1. The second-order valence-electron chi connectivity index (χ2n) is 6.95. The first kappa shape index (κ1) is 20.9. The van der Waals surface area contributed by atoms with Gasteiger partial charge in [-0.1, -0.05) is 29.8 Å². The Labute approximate surface area is 180 Å². The van der Waals surface area contributed by atoms with E-state index < -0.39 is 23.2 Å². The van der Waals surface area contributed by atoms with E-state index in [4.69, 9.17) is 11.6 Å². The fraction of sp³-hybridized carbons (Fsp3) is 0.190. The first-order valence-electron chi connectivity index (χ1n) is 9.31. The van der Waals surface area contributed by atoms with Gasteiger partial charge in [0.15, 0.2) is 0 Å². The van der Waals surface area contributed by atoms with Crippen molar-refractivity contribution in [1.29, 1.82) is 0 Å². The molecule has 0 atom stereocenters. The molecule has 1 aromatic heterocycles. The molecule has 0 aliphatic carbocycles. The molecule has 1 aliphatic heterocycles. The molecule has 10 heteroatoms. The summed E-state index contributed by atoms with van der Waals surface area (Å²) in [4.78, 5) is 30.1. The average Bonchev–Trinajstić information content (AvgIpc) is 2.72. The Kier molecular flexibility index (Phi) is 5.45. The van der Waals surface area contributed by atoms with Crippen LogP contribution in [-0.2, 0) is 11.0 Å². The summed E-state index contributed by atoms with van der Waals surface area (Å²) in [5.41, 5.74) is -0.666. The molecule has 2 heterocycles. The summed E-state index contributed by atoms with van der Waals surface area (Å²) in [7, 11) is 0. The molecule has 0 saturated carbocycles. The number of anilines is 2. The third kappa shape index (κ3) is 4.27. The molecule has 6 nitrogen and oxygen atoms in total. The summed E-state index contributed by atoms with van der Waals surface area (Å²) in [6, 6.07) is 10.3. The number of benzene rings is 2. The van der Waals surface area contributed by atoms with Crippen molar-refractivity contribution in [3.05, 3.63) is 64.8 Å². The Bertz CT molecular complexity index is 1180. The van der Waals surface area contributed by atoms with Gasteiger partial charge in [0.25, 0.3) is 5.91 Å². The Morgan fingerprint density at radius 1 is 1.19 bits per heavy atom. The SMILES string of the molecule is O=C1CN(c2ccc(NC(=O)c3cnc4ccccc4c3C(F)(F)F)cc2Cl)CCN1. The fourth-order valence-electron chi connectivity index (χ4n) is 3.50. The largest absolute Gasteiger partial charge is 0.417 e. The molecule has 0 radical (unpaired) electrons. The van der Waals surface area contributed by atoms with Gasteiger partial charge in [-0.3, -0.25) is 14.6 Å². The standard InChI is InChI=1S/C21H16ClF3N4O2/c22-15-9-12(5-6-17(15)29-8-7-26-18(30)11-29)28-20(31)14-10-27-16-4-2-1-3-13(16)19(14)21(23,24)25/h1-6,9-10H,7-8,11H2,(H,26,30)(H,28,31). The van der Waals surface area contributed by atoms with Gasteiger partial charge in [-0.25, -0.2) is 0 Å². The number of hydrogen-bond donors (Lipinski definition) is 2. The number of fused-ring (bicyclic) bond motifs is 1. The van der Waals surface area contributed by atoms with Gasteiger partial charge in [-0.05, 0) is 24.3 Å². The van der Waals surface area contributed by atoms with Gasteiger partial charge in [0.05, 0.1) is 33.9 Å². The Morgan fingerprint density at radius 3 is 2.68 bits per heavy atom. The Morgan fingerprint density at radius 2 is 1.97 bits per heavy atom. The average molecular weight is 449 g/mol. The second kappa shape index (κ2) is 8.07. The van der Waals surface area contributed by atoms with Crippen molar-refractivity contribution in [3.8, 4) is 0 Å². The zero-order chi connectivity index (χ0) is 22.2. The number of hydrogen-bond acceptors (Lipinski definition) is 4. The highest BCUT2D eigenvalue weighted by Crippen LogP contribution is 2.37. The van der Waals surface area contributed by atoms with Crippen molar-refractivity contribution in [3.63, 3.8) is 0 Å². The van der Waals surface area contributed by atoms with Gasteiger partial charge in [0.2, 0.25) is 5.91 Å². The smallest absolute Gasteiger partial charge is 0.359 e. The van der Waals surface area contributed by atoms with Gasteiger partial charge in [-0.2, -0.15) is 13.2 Å². The molecule has 160 valence electrons. The first-order chi connectivity index (χ1) is 14.7. The topological polar surface area (TPSA) is 74.3 Å². The lowest BCUT2D eigenvalue weighted by Gasteiger charge is -2.29. The number of nitrogens with zero attached hydrogens (tertiary/aromatic N) is 2. The summed E-state index contributed by atoms with van der Waals surface area (Å²) in [5, 5.41) is 5.27. The number of rotatable bonds is 3. The van der Waals surface area contributed by atoms with Crippen LogP contribution in [0.15, 0.2) is 48.7 Å². The number of amides is 2. The summed E-state index contributed by atoms with van der Waals surface area (Å²) in [6.07, 6.45) is -3.83. The van der Waals surface area contributed by atoms with E-state index in [1.54, 1.807) is 17.0 Å². The molecule has 1 saturated heterocycles. The summed E-state index contributed by atoms with van der Waals surface area (Å²) in [6.45, 7) is 1.18. The van der Waals surface area contributed by atoms with Crippen LogP contribution in [0.25, 0.3) is 10.9 Å². The van der Waals surface area contributed by atoms with E-state index in [2.05, 4.69) is 15.6 Å². The number of pyridine rings is 1. The lowest BCUT2D eigenvalue weighted by molar-refractivity contribution is -0.136. The Hall–Kier alpha value is -3.33. The number of carbonyl (C=O) groups is 2. The molecule has 2 N–H and O–H groups in total. The third-order valence-electron chi connectivity index (χ3n) is 4.89.